The van der Waals surface area contributed by atoms with Crippen molar-refractivity contribution in [3.63, 3.8) is 0 Å². The molecule has 1 unspecified atom stereocenters. The van der Waals surface area contributed by atoms with Crippen LogP contribution >= 0.6 is 22.9 Å². The standard InChI is InChI=1S/C11H13ClN2OS/c12-11-9(3-5-15-11)10(14-13)2-1-8-4-6-16-7-8/h3-7,10,14H,1-2,13H2. The van der Waals surface area contributed by atoms with E-state index in [1.165, 1.54) is 5.56 Å². The molecule has 16 heavy (non-hydrogen) atoms. The summed E-state index contributed by atoms with van der Waals surface area (Å²) in [7, 11) is 0. The van der Waals surface area contributed by atoms with Gasteiger partial charge in [0.05, 0.1) is 12.3 Å². The van der Waals surface area contributed by atoms with Crippen LogP contribution in [-0.4, -0.2) is 0 Å². The summed E-state index contributed by atoms with van der Waals surface area (Å²) < 4.78 is 5.06. The maximum absolute atomic E-state index is 5.91. The molecule has 0 radical (unpaired) electrons. The van der Waals surface area contributed by atoms with Crippen LogP contribution in [0.4, 0.5) is 0 Å². The summed E-state index contributed by atoms with van der Waals surface area (Å²) in [5.41, 5.74) is 5.01. The Morgan fingerprint density at radius 1 is 1.50 bits per heavy atom. The van der Waals surface area contributed by atoms with Gasteiger partial charge in [0, 0.05) is 5.56 Å². The highest BCUT2D eigenvalue weighted by molar-refractivity contribution is 7.07. The van der Waals surface area contributed by atoms with E-state index in [9.17, 15) is 0 Å². The smallest absolute Gasteiger partial charge is 0.197 e. The Balaban J connectivity index is 1.99. The van der Waals surface area contributed by atoms with Crippen LogP contribution in [0.2, 0.25) is 5.22 Å². The molecule has 1 atom stereocenters. The molecule has 0 spiro atoms. The largest absolute Gasteiger partial charge is 0.453 e. The zero-order valence-corrected chi connectivity index (χ0v) is 10.2. The van der Waals surface area contributed by atoms with Gasteiger partial charge in [-0.1, -0.05) is 0 Å². The van der Waals surface area contributed by atoms with Crippen molar-refractivity contribution < 1.29 is 4.42 Å². The van der Waals surface area contributed by atoms with Crippen LogP contribution in [0.25, 0.3) is 0 Å². The molecule has 0 aromatic carbocycles. The average molecular weight is 257 g/mol. The third-order valence-corrected chi connectivity index (χ3v) is 3.56. The molecule has 2 aromatic rings. The lowest BCUT2D eigenvalue weighted by atomic mass is 10.0. The Bertz CT molecular complexity index is 427. The number of furan rings is 1. The first-order chi connectivity index (χ1) is 7.81. The lowest BCUT2D eigenvalue weighted by Gasteiger charge is -2.13. The number of thiophene rings is 1. The first-order valence-corrected chi connectivity index (χ1v) is 6.33. The number of nitrogens with one attached hydrogen (secondary N) is 1. The van der Waals surface area contributed by atoms with Crippen molar-refractivity contribution in [2.75, 3.05) is 0 Å². The third kappa shape index (κ3) is 2.65. The van der Waals surface area contributed by atoms with Gasteiger partial charge in [-0.15, -0.1) is 0 Å². The van der Waals surface area contributed by atoms with Crippen LogP contribution < -0.4 is 11.3 Å². The number of halogens is 1. The van der Waals surface area contributed by atoms with E-state index >= 15 is 0 Å². The minimum Gasteiger partial charge on any atom is -0.453 e. The summed E-state index contributed by atoms with van der Waals surface area (Å²) in [5.74, 6) is 5.52. The Labute approximate surface area is 103 Å². The van der Waals surface area contributed by atoms with Crippen molar-refractivity contribution in [3.8, 4) is 0 Å². The zero-order valence-electron chi connectivity index (χ0n) is 8.65. The maximum Gasteiger partial charge on any atom is 0.197 e. The van der Waals surface area contributed by atoms with Gasteiger partial charge in [0.25, 0.3) is 0 Å². The van der Waals surface area contributed by atoms with Gasteiger partial charge in [-0.3, -0.25) is 11.3 Å². The average Bonchev–Trinajstić information content (AvgIpc) is 2.92. The molecule has 2 aromatic heterocycles. The molecule has 0 bridgehead atoms. The number of hydrazine groups is 1. The normalized spacial score (nSPS) is 12.9. The van der Waals surface area contributed by atoms with E-state index in [1.54, 1.807) is 17.6 Å². The van der Waals surface area contributed by atoms with Crippen LogP contribution in [0.1, 0.15) is 23.6 Å². The molecule has 0 aliphatic heterocycles. The predicted octanol–water partition coefficient (Wildman–Crippen LogP) is 3.13. The molecule has 2 heterocycles. The zero-order chi connectivity index (χ0) is 11.4. The molecule has 5 heteroatoms. The fraction of sp³-hybridized carbons (Fsp3) is 0.273. The van der Waals surface area contributed by atoms with Crippen LogP contribution in [0.5, 0.6) is 0 Å². The molecule has 0 aliphatic rings. The predicted molar refractivity (Wildman–Crippen MR) is 66.4 cm³/mol. The number of hydrogen-bond donors (Lipinski definition) is 2. The highest BCUT2D eigenvalue weighted by Crippen LogP contribution is 2.27. The molecule has 0 saturated heterocycles. The van der Waals surface area contributed by atoms with E-state index in [4.69, 9.17) is 21.9 Å². The van der Waals surface area contributed by atoms with Crippen molar-refractivity contribution >= 4 is 22.9 Å². The van der Waals surface area contributed by atoms with E-state index in [0.717, 1.165) is 18.4 Å². The molecule has 2 rings (SSSR count). The second-order valence-electron chi connectivity index (χ2n) is 3.54. The minimum atomic E-state index is 0.0335. The number of hydrogen-bond acceptors (Lipinski definition) is 4. The lowest BCUT2D eigenvalue weighted by molar-refractivity contribution is 0.502. The quantitative estimate of drug-likeness (QED) is 0.638. The summed E-state index contributed by atoms with van der Waals surface area (Å²) in [6.07, 6.45) is 3.44. The lowest BCUT2D eigenvalue weighted by Crippen LogP contribution is -2.28. The molecule has 0 amide bonds. The van der Waals surface area contributed by atoms with E-state index in [-0.39, 0.29) is 6.04 Å². The van der Waals surface area contributed by atoms with Crippen LogP contribution in [0.15, 0.2) is 33.6 Å². The highest BCUT2D eigenvalue weighted by Gasteiger charge is 2.15. The van der Waals surface area contributed by atoms with E-state index in [2.05, 4.69) is 22.3 Å². The fourth-order valence-corrected chi connectivity index (χ4v) is 2.58. The van der Waals surface area contributed by atoms with Crippen LogP contribution in [-0.2, 0) is 6.42 Å². The van der Waals surface area contributed by atoms with Gasteiger partial charge in [0.1, 0.15) is 0 Å². The SMILES string of the molecule is NNC(CCc1ccsc1)c1ccoc1Cl. The van der Waals surface area contributed by atoms with Gasteiger partial charge >= 0.3 is 0 Å². The van der Waals surface area contributed by atoms with Crippen molar-refractivity contribution in [2.24, 2.45) is 5.84 Å². The van der Waals surface area contributed by atoms with Gasteiger partial charge in [-0.05, 0) is 52.9 Å². The van der Waals surface area contributed by atoms with Crippen molar-refractivity contribution in [1.82, 2.24) is 5.43 Å². The van der Waals surface area contributed by atoms with E-state index < -0.39 is 0 Å². The summed E-state index contributed by atoms with van der Waals surface area (Å²) in [4.78, 5) is 0. The Morgan fingerprint density at radius 3 is 2.94 bits per heavy atom. The van der Waals surface area contributed by atoms with Gasteiger partial charge in [-0.25, -0.2) is 0 Å². The first-order valence-electron chi connectivity index (χ1n) is 5.01. The first kappa shape index (κ1) is 11.7. The molecule has 0 saturated carbocycles. The number of rotatable bonds is 5. The Morgan fingerprint density at radius 2 is 2.38 bits per heavy atom. The summed E-state index contributed by atoms with van der Waals surface area (Å²) >= 11 is 7.62. The van der Waals surface area contributed by atoms with Crippen LogP contribution in [0, 0.1) is 0 Å². The molecule has 86 valence electrons. The topological polar surface area (TPSA) is 51.2 Å². The molecular weight excluding hydrogens is 244 g/mol. The van der Waals surface area contributed by atoms with Gasteiger partial charge in [-0.2, -0.15) is 11.3 Å². The van der Waals surface area contributed by atoms with Gasteiger partial charge in [0.2, 0.25) is 0 Å². The molecule has 3 N–H and O–H groups in total. The summed E-state index contributed by atoms with van der Waals surface area (Å²) in [5, 5.41) is 4.63. The summed E-state index contributed by atoms with van der Waals surface area (Å²) in [6, 6.07) is 4.00. The third-order valence-electron chi connectivity index (χ3n) is 2.52. The monoisotopic (exact) mass is 256 g/mol. The number of nitrogens with two attached hydrogens (primary N) is 1. The molecule has 0 aliphatic carbocycles. The Hall–Kier alpha value is -0.810. The molecule has 3 nitrogen and oxygen atoms in total. The van der Waals surface area contributed by atoms with E-state index in [0.29, 0.717) is 5.22 Å². The highest BCUT2D eigenvalue weighted by atomic mass is 35.5. The van der Waals surface area contributed by atoms with Gasteiger partial charge in [0.15, 0.2) is 5.22 Å². The molecule has 0 fully saturated rings. The second-order valence-corrected chi connectivity index (χ2v) is 4.66. The second kappa shape index (κ2) is 5.50. The fourth-order valence-electron chi connectivity index (χ4n) is 1.63. The van der Waals surface area contributed by atoms with E-state index in [1.807, 2.05) is 6.07 Å². The number of aryl methyl sites for hydroxylation is 1. The molecular formula is C11H13ClN2OS. The maximum atomic E-state index is 5.91. The summed E-state index contributed by atoms with van der Waals surface area (Å²) in [6.45, 7) is 0. The van der Waals surface area contributed by atoms with Crippen molar-refractivity contribution in [2.45, 2.75) is 18.9 Å². The van der Waals surface area contributed by atoms with Crippen molar-refractivity contribution in [1.29, 1.82) is 0 Å². The van der Waals surface area contributed by atoms with Gasteiger partial charge < -0.3 is 4.42 Å². The minimum absolute atomic E-state index is 0.0335. The van der Waals surface area contributed by atoms with Crippen LogP contribution in [0.3, 0.4) is 0 Å². The van der Waals surface area contributed by atoms with Crippen molar-refractivity contribution in [3.05, 3.63) is 45.5 Å². The Kier molecular flexibility index (Phi) is 4.01.